The van der Waals surface area contributed by atoms with Crippen molar-refractivity contribution in [1.29, 1.82) is 10.5 Å². The van der Waals surface area contributed by atoms with Gasteiger partial charge in [0.25, 0.3) is 0 Å². The van der Waals surface area contributed by atoms with Crippen LogP contribution in [0.25, 0.3) is 6.08 Å². The van der Waals surface area contributed by atoms with Crippen molar-refractivity contribution in [3.8, 4) is 12.1 Å². The monoisotopic (exact) mass is 450 g/mol. The molecule has 0 aromatic heterocycles. The van der Waals surface area contributed by atoms with Crippen molar-refractivity contribution in [2.75, 3.05) is 0 Å². The summed E-state index contributed by atoms with van der Waals surface area (Å²) in [5, 5.41) is 18.0. The number of sulfone groups is 1. The van der Waals surface area contributed by atoms with Crippen molar-refractivity contribution in [2.45, 2.75) is 4.90 Å². The molecule has 0 saturated heterocycles. The summed E-state index contributed by atoms with van der Waals surface area (Å²) >= 11 is 6.42. The number of allylic oxidation sites excluding steroid dienone is 1. The van der Waals surface area contributed by atoms with Gasteiger partial charge in [-0.05, 0) is 57.9 Å². The molecule has 0 unspecified atom stereocenters. The highest BCUT2D eigenvalue weighted by Crippen LogP contribution is 2.30. The number of nitriles is 2. The van der Waals surface area contributed by atoms with E-state index in [1.165, 1.54) is 12.1 Å². The summed E-state index contributed by atoms with van der Waals surface area (Å²) < 4.78 is 26.3. The number of rotatable bonds is 3. The minimum absolute atomic E-state index is 0.00770. The molecule has 7 heteroatoms. The third-order valence-electron chi connectivity index (χ3n) is 2.92. The zero-order valence-electron chi connectivity index (χ0n) is 11.5. The normalized spacial score (nSPS) is 11.6. The molecule has 0 aliphatic carbocycles. The highest BCUT2D eigenvalue weighted by molar-refractivity contribution is 9.11. The Morgan fingerprint density at radius 2 is 1.70 bits per heavy atom. The Labute approximate surface area is 150 Å². The highest BCUT2D eigenvalue weighted by atomic mass is 79.9. The minimum atomic E-state index is -3.96. The van der Waals surface area contributed by atoms with Gasteiger partial charge < -0.3 is 0 Å². The van der Waals surface area contributed by atoms with Gasteiger partial charge in [-0.15, -0.1) is 0 Å². The molecule has 4 nitrogen and oxygen atoms in total. The van der Waals surface area contributed by atoms with Gasteiger partial charge in [0.15, 0.2) is 0 Å². The van der Waals surface area contributed by atoms with Gasteiger partial charge >= 0.3 is 0 Å². The average molecular weight is 452 g/mol. The van der Waals surface area contributed by atoms with Gasteiger partial charge in [-0.2, -0.15) is 10.5 Å². The Morgan fingerprint density at radius 1 is 1.04 bits per heavy atom. The van der Waals surface area contributed by atoms with Crippen LogP contribution in [-0.4, -0.2) is 8.42 Å². The van der Waals surface area contributed by atoms with E-state index in [0.29, 0.717) is 20.1 Å². The van der Waals surface area contributed by atoms with Crippen molar-refractivity contribution in [2.24, 2.45) is 0 Å². The summed E-state index contributed by atoms with van der Waals surface area (Å²) in [6.07, 6.45) is 1.28. The van der Waals surface area contributed by atoms with E-state index in [1.807, 2.05) is 6.07 Å². The molecule has 0 amide bonds. The molecule has 0 fully saturated rings. The fraction of sp³-hybridized carbons (Fsp3) is 0. The van der Waals surface area contributed by atoms with Gasteiger partial charge in [0.1, 0.15) is 11.0 Å². The SMILES string of the molecule is N#CC(=Cc1ccc(C#N)cc1)S(=O)(=O)c1cc(Br)ccc1Br. The van der Waals surface area contributed by atoms with E-state index in [0.717, 1.165) is 0 Å². The second-order valence-corrected chi connectivity index (χ2v) is 8.09. The molecule has 2 aromatic carbocycles. The molecule has 2 aromatic rings. The van der Waals surface area contributed by atoms with Gasteiger partial charge in [-0.25, -0.2) is 8.42 Å². The van der Waals surface area contributed by atoms with E-state index in [4.69, 9.17) is 5.26 Å². The van der Waals surface area contributed by atoms with Crippen molar-refractivity contribution in [3.05, 3.63) is 67.4 Å². The second kappa shape index (κ2) is 7.10. The second-order valence-electron chi connectivity index (χ2n) is 4.43. The molecule has 2 rings (SSSR count). The summed E-state index contributed by atoms with van der Waals surface area (Å²) in [7, 11) is -3.96. The molecule has 23 heavy (non-hydrogen) atoms. The summed E-state index contributed by atoms with van der Waals surface area (Å²) in [4.78, 5) is -0.366. The van der Waals surface area contributed by atoms with Gasteiger partial charge in [0.05, 0.1) is 16.5 Å². The lowest BCUT2D eigenvalue weighted by atomic mass is 10.1. The van der Waals surface area contributed by atoms with Crippen LogP contribution in [0, 0.1) is 22.7 Å². The Bertz CT molecular complexity index is 967. The van der Waals surface area contributed by atoms with Gasteiger partial charge in [-0.1, -0.05) is 28.1 Å². The molecular weight excluding hydrogens is 444 g/mol. The van der Waals surface area contributed by atoms with E-state index in [1.54, 1.807) is 42.5 Å². The summed E-state index contributed by atoms with van der Waals surface area (Å²) in [6, 6.07) is 14.7. The van der Waals surface area contributed by atoms with Crippen LogP contribution in [0.2, 0.25) is 0 Å². The lowest BCUT2D eigenvalue weighted by Crippen LogP contribution is -2.04. The molecule has 114 valence electrons. The Balaban J connectivity index is 2.55. The maximum absolute atomic E-state index is 12.7. The molecule has 0 atom stereocenters. The van der Waals surface area contributed by atoms with Crippen LogP contribution in [0.15, 0.2) is 61.2 Å². The number of hydrogen-bond donors (Lipinski definition) is 0. The number of benzene rings is 2. The van der Waals surface area contributed by atoms with Crippen molar-refractivity contribution in [3.63, 3.8) is 0 Å². The van der Waals surface area contributed by atoms with E-state index in [2.05, 4.69) is 31.9 Å². The molecule has 0 spiro atoms. The lowest BCUT2D eigenvalue weighted by molar-refractivity contribution is 0.603. The van der Waals surface area contributed by atoms with Gasteiger partial charge in [0, 0.05) is 8.95 Å². The van der Waals surface area contributed by atoms with Crippen LogP contribution in [0.1, 0.15) is 11.1 Å². The van der Waals surface area contributed by atoms with E-state index in [-0.39, 0.29) is 9.80 Å². The largest absolute Gasteiger partial charge is 0.218 e. The van der Waals surface area contributed by atoms with Crippen molar-refractivity contribution >= 4 is 47.8 Å². The molecule has 0 heterocycles. The maximum Gasteiger partial charge on any atom is 0.217 e. The predicted molar refractivity (Wildman–Crippen MR) is 93.8 cm³/mol. The number of halogens is 2. The molecule has 0 saturated carbocycles. The summed E-state index contributed by atoms with van der Waals surface area (Å²) in [5.74, 6) is 0. The molecule has 0 bridgehead atoms. The van der Waals surface area contributed by atoms with Crippen molar-refractivity contribution < 1.29 is 8.42 Å². The zero-order valence-corrected chi connectivity index (χ0v) is 15.5. The first-order valence-electron chi connectivity index (χ1n) is 6.20. The minimum Gasteiger partial charge on any atom is -0.218 e. The van der Waals surface area contributed by atoms with Gasteiger partial charge in [0.2, 0.25) is 9.84 Å². The Hall–Kier alpha value is -1.93. The zero-order chi connectivity index (χ0) is 17.0. The smallest absolute Gasteiger partial charge is 0.217 e. The topological polar surface area (TPSA) is 81.7 Å². The first kappa shape index (κ1) is 17.4. The van der Waals surface area contributed by atoms with E-state index < -0.39 is 9.84 Å². The Morgan fingerprint density at radius 3 is 2.26 bits per heavy atom. The fourth-order valence-corrected chi connectivity index (χ4v) is 4.43. The maximum atomic E-state index is 12.7. The number of hydrogen-bond acceptors (Lipinski definition) is 4. The van der Waals surface area contributed by atoms with Gasteiger partial charge in [-0.3, -0.25) is 0 Å². The summed E-state index contributed by atoms with van der Waals surface area (Å²) in [5.41, 5.74) is 0.980. The standard InChI is InChI=1S/C16H8Br2N2O2S/c17-13-5-6-15(18)16(8-13)23(21,22)14(10-20)7-11-1-3-12(9-19)4-2-11/h1-8H. The fourth-order valence-electron chi connectivity index (χ4n) is 1.78. The quantitative estimate of drug-likeness (QED) is 0.646. The molecule has 0 N–H and O–H groups in total. The summed E-state index contributed by atoms with van der Waals surface area (Å²) in [6.45, 7) is 0. The Kier molecular flexibility index (Phi) is 5.38. The first-order valence-corrected chi connectivity index (χ1v) is 9.27. The van der Waals surface area contributed by atoms with Crippen LogP contribution < -0.4 is 0 Å². The third-order valence-corrected chi connectivity index (χ3v) is 6.07. The third kappa shape index (κ3) is 3.89. The van der Waals surface area contributed by atoms with Crippen molar-refractivity contribution in [1.82, 2.24) is 0 Å². The van der Waals surface area contributed by atoms with Crippen LogP contribution in [0.4, 0.5) is 0 Å². The molecule has 0 aliphatic rings. The van der Waals surface area contributed by atoms with Crippen LogP contribution >= 0.6 is 31.9 Å². The number of nitrogens with zero attached hydrogens (tertiary/aromatic N) is 2. The van der Waals surface area contributed by atoms with Crippen LogP contribution in [0.3, 0.4) is 0 Å². The molecular formula is C16H8Br2N2O2S. The van der Waals surface area contributed by atoms with E-state index >= 15 is 0 Å². The molecule has 0 aliphatic heterocycles. The lowest BCUT2D eigenvalue weighted by Gasteiger charge is -2.06. The predicted octanol–water partition coefficient (Wildman–Crippen LogP) is 4.42. The van der Waals surface area contributed by atoms with Crippen LogP contribution in [0.5, 0.6) is 0 Å². The average Bonchev–Trinajstić information content (AvgIpc) is 2.55. The van der Waals surface area contributed by atoms with Crippen LogP contribution in [-0.2, 0) is 9.84 Å². The van der Waals surface area contributed by atoms with E-state index in [9.17, 15) is 13.7 Å². The molecule has 0 radical (unpaired) electrons. The highest BCUT2D eigenvalue weighted by Gasteiger charge is 2.23. The first-order chi connectivity index (χ1) is 10.9.